The van der Waals surface area contributed by atoms with Gasteiger partial charge in [0.05, 0.1) is 22.1 Å². The standard InChI is InChI=1S/C42H29N3/c1-2-10-29(11-3-1)30-18-27-38-37-14-6-9-17-41(37)45(42(38)28-30)34-25-21-32(22-26-34)43-31-19-23-33(24-20-31)44-39-15-7-4-12-35(39)36-13-5-8-16-40(36)44/h1-28,43H. The van der Waals surface area contributed by atoms with Gasteiger partial charge < -0.3 is 14.5 Å². The first-order valence-corrected chi connectivity index (χ1v) is 15.4. The maximum Gasteiger partial charge on any atom is 0.0547 e. The van der Waals surface area contributed by atoms with Crippen molar-refractivity contribution in [1.29, 1.82) is 0 Å². The summed E-state index contributed by atoms with van der Waals surface area (Å²) in [5.41, 5.74) is 11.7. The molecule has 0 aliphatic rings. The highest BCUT2D eigenvalue weighted by Gasteiger charge is 2.14. The lowest BCUT2D eigenvalue weighted by molar-refractivity contribution is 1.18. The van der Waals surface area contributed by atoms with Gasteiger partial charge in [0.2, 0.25) is 0 Å². The molecule has 3 heteroatoms. The molecule has 212 valence electrons. The Morgan fingerprint density at radius 3 is 1.24 bits per heavy atom. The zero-order valence-electron chi connectivity index (χ0n) is 24.6. The van der Waals surface area contributed by atoms with E-state index in [0.717, 1.165) is 22.7 Å². The van der Waals surface area contributed by atoms with Gasteiger partial charge in [-0.2, -0.15) is 0 Å². The molecule has 0 atom stereocenters. The first kappa shape index (κ1) is 25.4. The van der Waals surface area contributed by atoms with Gasteiger partial charge in [0.15, 0.2) is 0 Å². The summed E-state index contributed by atoms with van der Waals surface area (Å²) in [6, 6.07) is 60.8. The molecular formula is C42H29N3. The molecule has 7 aromatic carbocycles. The maximum atomic E-state index is 3.61. The Bertz CT molecular complexity index is 2430. The molecule has 1 N–H and O–H groups in total. The fourth-order valence-electron chi connectivity index (χ4n) is 6.81. The van der Waals surface area contributed by atoms with Crippen molar-refractivity contribution in [3.05, 3.63) is 170 Å². The second kappa shape index (κ2) is 10.3. The van der Waals surface area contributed by atoms with E-state index in [0.29, 0.717) is 0 Å². The summed E-state index contributed by atoms with van der Waals surface area (Å²) in [4.78, 5) is 0. The van der Waals surface area contributed by atoms with E-state index in [1.54, 1.807) is 0 Å². The van der Waals surface area contributed by atoms with E-state index >= 15 is 0 Å². The van der Waals surface area contributed by atoms with Crippen molar-refractivity contribution in [3.63, 3.8) is 0 Å². The van der Waals surface area contributed by atoms with Crippen LogP contribution in [-0.2, 0) is 0 Å². The molecule has 0 unspecified atom stereocenters. The van der Waals surface area contributed by atoms with Crippen molar-refractivity contribution in [2.24, 2.45) is 0 Å². The molecule has 0 amide bonds. The average molecular weight is 576 g/mol. The lowest BCUT2D eigenvalue weighted by atomic mass is 10.0. The van der Waals surface area contributed by atoms with Crippen LogP contribution in [0.4, 0.5) is 11.4 Å². The Morgan fingerprint density at radius 1 is 0.311 bits per heavy atom. The largest absolute Gasteiger partial charge is 0.356 e. The number of hydrogen-bond acceptors (Lipinski definition) is 1. The number of nitrogens with one attached hydrogen (secondary N) is 1. The summed E-state index contributed by atoms with van der Waals surface area (Å²) in [7, 11) is 0. The van der Waals surface area contributed by atoms with Crippen LogP contribution in [0.2, 0.25) is 0 Å². The third kappa shape index (κ3) is 4.21. The van der Waals surface area contributed by atoms with E-state index in [4.69, 9.17) is 0 Å². The number of anilines is 2. The summed E-state index contributed by atoms with van der Waals surface area (Å²) < 4.78 is 4.72. The van der Waals surface area contributed by atoms with Crippen LogP contribution in [0, 0.1) is 0 Å². The van der Waals surface area contributed by atoms with Crippen molar-refractivity contribution in [2.75, 3.05) is 5.32 Å². The highest BCUT2D eigenvalue weighted by atomic mass is 15.0. The first-order valence-electron chi connectivity index (χ1n) is 15.4. The van der Waals surface area contributed by atoms with Crippen LogP contribution >= 0.6 is 0 Å². The van der Waals surface area contributed by atoms with Gasteiger partial charge in [-0.15, -0.1) is 0 Å². The van der Waals surface area contributed by atoms with Gasteiger partial charge in [-0.1, -0.05) is 97.1 Å². The van der Waals surface area contributed by atoms with E-state index in [2.05, 4.69) is 184 Å². The van der Waals surface area contributed by atoms with Crippen molar-refractivity contribution in [3.8, 4) is 22.5 Å². The van der Waals surface area contributed by atoms with E-state index in [1.807, 2.05) is 0 Å². The van der Waals surface area contributed by atoms with Gasteiger partial charge in [-0.25, -0.2) is 0 Å². The predicted octanol–water partition coefficient (Wildman–Crippen LogP) is 11.3. The number of nitrogens with zero attached hydrogens (tertiary/aromatic N) is 2. The Balaban J connectivity index is 1.05. The van der Waals surface area contributed by atoms with Gasteiger partial charge in [-0.05, 0) is 83.9 Å². The van der Waals surface area contributed by atoms with Crippen molar-refractivity contribution >= 4 is 55.0 Å². The molecule has 2 heterocycles. The van der Waals surface area contributed by atoms with Gasteiger partial charge >= 0.3 is 0 Å². The fraction of sp³-hybridized carbons (Fsp3) is 0. The molecule has 0 radical (unpaired) electrons. The van der Waals surface area contributed by atoms with Crippen molar-refractivity contribution in [1.82, 2.24) is 9.13 Å². The summed E-state index contributed by atoms with van der Waals surface area (Å²) in [6.45, 7) is 0. The topological polar surface area (TPSA) is 21.9 Å². The summed E-state index contributed by atoms with van der Waals surface area (Å²) in [6.07, 6.45) is 0. The molecule has 0 fully saturated rings. The number of aromatic nitrogens is 2. The number of rotatable bonds is 5. The van der Waals surface area contributed by atoms with Gasteiger partial charge in [0, 0.05) is 44.3 Å². The SMILES string of the molecule is c1ccc(-c2ccc3c4ccccc4n(-c4ccc(Nc5ccc(-n6c7ccccc7c7ccccc76)cc5)cc4)c3c2)cc1. The number of fused-ring (bicyclic) bond motifs is 6. The molecule has 3 nitrogen and oxygen atoms in total. The molecule has 9 rings (SSSR count). The van der Waals surface area contributed by atoms with Gasteiger partial charge in [0.1, 0.15) is 0 Å². The molecule has 2 aromatic heterocycles. The van der Waals surface area contributed by atoms with Crippen LogP contribution in [0.15, 0.2) is 170 Å². The quantitative estimate of drug-likeness (QED) is 0.217. The molecular weight excluding hydrogens is 546 g/mol. The fourth-order valence-corrected chi connectivity index (χ4v) is 6.81. The van der Waals surface area contributed by atoms with Crippen LogP contribution in [0.25, 0.3) is 66.1 Å². The van der Waals surface area contributed by atoms with Crippen LogP contribution in [0.5, 0.6) is 0 Å². The van der Waals surface area contributed by atoms with Crippen LogP contribution in [0.1, 0.15) is 0 Å². The summed E-state index contributed by atoms with van der Waals surface area (Å²) >= 11 is 0. The van der Waals surface area contributed by atoms with Crippen LogP contribution < -0.4 is 5.32 Å². The van der Waals surface area contributed by atoms with E-state index in [9.17, 15) is 0 Å². The molecule has 0 aliphatic carbocycles. The summed E-state index contributed by atoms with van der Waals surface area (Å²) in [5, 5.41) is 8.68. The smallest absolute Gasteiger partial charge is 0.0547 e. The second-order valence-electron chi connectivity index (χ2n) is 11.5. The zero-order valence-corrected chi connectivity index (χ0v) is 24.6. The minimum atomic E-state index is 1.05. The van der Waals surface area contributed by atoms with Crippen molar-refractivity contribution < 1.29 is 0 Å². The molecule has 0 aliphatic heterocycles. The van der Waals surface area contributed by atoms with E-state index < -0.39 is 0 Å². The average Bonchev–Trinajstić information content (AvgIpc) is 3.62. The number of hydrogen-bond donors (Lipinski definition) is 1. The predicted molar refractivity (Wildman–Crippen MR) is 190 cm³/mol. The Labute approximate surface area is 261 Å². The third-order valence-corrected chi connectivity index (χ3v) is 8.90. The highest BCUT2D eigenvalue weighted by molar-refractivity contribution is 6.10. The maximum absolute atomic E-state index is 3.61. The van der Waals surface area contributed by atoms with E-state index in [-0.39, 0.29) is 0 Å². The van der Waals surface area contributed by atoms with Gasteiger partial charge in [-0.3, -0.25) is 0 Å². The third-order valence-electron chi connectivity index (χ3n) is 8.90. The first-order chi connectivity index (χ1) is 22.3. The Kier molecular flexibility index (Phi) is 5.82. The Hall–Kier alpha value is -6.06. The second-order valence-corrected chi connectivity index (χ2v) is 11.5. The number of benzene rings is 7. The molecule has 0 bridgehead atoms. The van der Waals surface area contributed by atoms with Crippen LogP contribution in [0.3, 0.4) is 0 Å². The lowest BCUT2D eigenvalue weighted by Gasteiger charge is -2.12. The monoisotopic (exact) mass is 575 g/mol. The van der Waals surface area contributed by atoms with Crippen LogP contribution in [-0.4, -0.2) is 9.13 Å². The molecule has 0 saturated heterocycles. The molecule has 9 aromatic rings. The molecule has 45 heavy (non-hydrogen) atoms. The highest BCUT2D eigenvalue weighted by Crippen LogP contribution is 2.36. The minimum absolute atomic E-state index is 1.05. The lowest BCUT2D eigenvalue weighted by Crippen LogP contribution is -1.96. The molecule has 0 spiro atoms. The summed E-state index contributed by atoms with van der Waals surface area (Å²) in [5.74, 6) is 0. The zero-order chi connectivity index (χ0) is 29.7. The molecule has 0 saturated carbocycles. The minimum Gasteiger partial charge on any atom is -0.356 e. The number of para-hydroxylation sites is 3. The van der Waals surface area contributed by atoms with E-state index in [1.165, 1.54) is 54.7 Å². The van der Waals surface area contributed by atoms with Crippen molar-refractivity contribution in [2.45, 2.75) is 0 Å². The Morgan fingerprint density at radius 2 is 0.733 bits per heavy atom. The van der Waals surface area contributed by atoms with Gasteiger partial charge in [0.25, 0.3) is 0 Å². The normalized spacial score (nSPS) is 11.6.